The summed E-state index contributed by atoms with van der Waals surface area (Å²) in [5, 5.41) is 8.69. The van der Waals surface area contributed by atoms with Gasteiger partial charge in [0.2, 0.25) is 0 Å². The smallest absolute Gasteiger partial charge is 0.344 e. The Labute approximate surface area is 117 Å². The Bertz CT molecular complexity index is 613. The van der Waals surface area contributed by atoms with Crippen molar-refractivity contribution in [2.24, 2.45) is 10.1 Å². The van der Waals surface area contributed by atoms with E-state index in [0.717, 1.165) is 19.3 Å². The number of hydrogen-bond donors (Lipinski definition) is 3. The molecule has 1 aliphatic heterocycles. The monoisotopic (exact) mass is 299 g/mol. The molecule has 1 heterocycles. The standard InChI is InChI=1S/C12H17N3O4S/c13-12-11-9(14-20(17,18)15-12)5-4-6-10(11)19-8-3-1-2-7-16/h4-6,14,16H,1-3,7-8H2,(H2,13,15). The van der Waals surface area contributed by atoms with Gasteiger partial charge in [0.25, 0.3) is 0 Å². The number of rotatable bonds is 6. The van der Waals surface area contributed by atoms with Crippen LogP contribution in [0, 0.1) is 0 Å². The molecule has 0 amide bonds. The highest BCUT2D eigenvalue weighted by Crippen LogP contribution is 2.30. The van der Waals surface area contributed by atoms with Gasteiger partial charge in [-0.3, -0.25) is 4.72 Å². The summed E-state index contributed by atoms with van der Waals surface area (Å²) in [5.41, 5.74) is 6.52. The first-order chi connectivity index (χ1) is 9.53. The maximum Gasteiger partial charge on any atom is 0.344 e. The molecule has 1 aromatic rings. The zero-order chi connectivity index (χ0) is 14.6. The normalized spacial score (nSPS) is 15.9. The number of fused-ring (bicyclic) bond motifs is 1. The van der Waals surface area contributed by atoms with Crippen molar-refractivity contribution in [2.45, 2.75) is 19.3 Å². The largest absolute Gasteiger partial charge is 0.493 e. The second-order valence-corrected chi connectivity index (χ2v) is 5.70. The number of amidine groups is 1. The Morgan fingerprint density at radius 1 is 1.30 bits per heavy atom. The Morgan fingerprint density at radius 3 is 2.85 bits per heavy atom. The van der Waals surface area contributed by atoms with E-state index >= 15 is 0 Å². The van der Waals surface area contributed by atoms with Crippen LogP contribution in [-0.2, 0) is 10.2 Å². The van der Waals surface area contributed by atoms with Crippen LogP contribution in [0.15, 0.2) is 22.6 Å². The maximum atomic E-state index is 11.4. The molecule has 4 N–H and O–H groups in total. The molecule has 0 spiro atoms. The third kappa shape index (κ3) is 3.40. The lowest BCUT2D eigenvalue weighted by Gasteiger charge is -2.19. The Kier molecular flexibility index (Phi) is 4.46. The fourth-order valence-corrected chi connectivity index (χ4v) is 2.75. The number of aliphatic hydroxyl groups is 1. The fourth-order valence-electron chi connectivity index (χ4n) is 1.91. The van der Waals surface area contributed by atoms with Crippen LogP contribution in [0.3, 0.4) is 0 Å². The van der Waals surface area contributed by atoms with Crippen LogP contribution in [0.5, 0.6) is 5.75 Å². The summed E-state index contributed by atoms with van der Waals surface area (Å²) in [7, 11) is -3.76. The molecule has 0 saturated carbocycles. The van der Waals surface area contributed by atoms with Crippen LogP contribution in [-0.4, -0.2) is 32.6 Å². The Morgan fingerprint density at radius 2 is 2.10 bits per heavy atom. The molecule has 0 bridgehead atoms. The van der Waals surface area contributed by atoms with Crippen molar-refractivity contribution in [1.29, 1.82) is 0 Å². The van der Waals surface area contributed by atoms with Crippen LogP contribution in [0.4, 0.5) is 5.69 Å². The van der Waals surface area contributed by atoms with Gasteiger partial charge >= 0.3 is 10.2 Å². The number of anilines is 1. The lowest BCUT2D eigenvalue weighted by atomic mass is 10.1. The van der Waals surface area contributed by atoms with Gasteiger partial charge in [0.05, 0.1) is 17.9 Å². The number of aliphatic hydroxyl groups excluding tert-OH is 1. The molecular weight excluding hydrogens is 282 g/mol. The number of hydrogen-bond acceptors (Lipinski definition) is 5. The average molecular weight is 299 g/mol. The molecule has 0 aromatic heterocycles. The highest BCUT2D eigenvalue weighted by Gasteiger charge is 2.24. The maximum absolute atomic E-state index is 11.4. The Hall–Kier alpha value is -1.80. The molecule has 0 aliphatic carbocycles. The minimum atomic E-state index is -3.76. The van der Waals surface area contributed by atoms with Crippen LogP contribution in [0.2, 0.25) is 0 Å². The van der Waals surface area contributed by atoms with Gasteiger partial charge in [-0.2, -0.15) is 8.42 Å². The topological polar surface area (TPSA) is 114 Å². The third-order valence-corrected chi connectivity index (χ3v) is 3.71. The summed E-state index contributed by atoms with van der Waals surface area (Å²) >= 11 is 0. The molecule has 20 heavy (non-hydrogen) atoms. The molecule has 0 atom stereocenters. The van der Waals surface area contributed by atoms with Crippen LogP contribution < -0.4 is 15.2 Å². The summed E-state index contributed by atoms with van der Waals surface area (Å²) < 4.78 is 34.2. The predicted molar refractivity (Wildman–Crippen MR) is 76.1 cm³/mol. The first-order valence-corrected chi connectivity index (χ1v) is 7.73. The minimum absolute atomic E-state index is 0.0790. The highest BCUT2D eigenvalue weighted by molar-refractivity contribution is 7.91. The third-order valence-electron chi connectivity index (χ3n) is 2.80. The minimum Gasteiger partial charge on any atom is -0.493 e. The molecule has 110 valence electrons. The number of benzene rings is 1. The van der Waals surface area contributed by atoms with Crippen molar-refractivity contribution in [3.63, 3.8) is 0 Å². The zero-order valence-corrected chi connectivity index (χ0v) is 11.7. The van der Waals surface area contributed by atoms with E-state index in [2.05, 4.69) is 9.12 Å². The van der Waals surface area contributed by atoms with E-state index in [9.17, 15) is 8.42 Å². The molecule has 1 aromatic carbocycles. The van der Waals surface area contributed by atoms with Gasteiger partial charge in [0.1, 0.15) is 5.75 Å². The summed E-state index contributed by atoms with van der Waals surface area (Å²) in [6.45, 7) is 0.638. The second-order valence-electron chi connectivity index (χ2n) is 4.37. The SMILES string of the molecule is NC1=NS(=O)(=O)Nc2cccc(OCCCCCO)c21. The van der Waals surface area contributed by atoms with Crippen molar-refractivity contribution in [2.75, 3.05) is 17.9 Å². The lowest BCUT2D eigenvalue weighted by Crippen LogP contribution is -2.27. The van der Waals surface area contributed by atoms with Gasteiger partial charge < -0.3 is 15.6 Å². The molecule has 1 aliphatic rings. The van der Waals surface area contributed by atoms with E-state index in [1.807, 2.05) is 0 Å². The van der Waals surface area contributed by atoms with Gasteiger partial charge in [0.15, 0.2) is 5.84 Å². The van der Waals surface area contributed by atoms with E-state index in [1.54, 1.807) is 18.2 Å². The Balaban J connectivity index is 2.13. The predicted octanol–water partition coefficient (Wildman–Crippen LogP) is 0.604. The fraction of sp³-hybridized carbons (Fsp3) is 0.417. The molecular formula is C12H17N3O4S. The molecule has 0 unspecified atom stereocenters. The van der Waals surface area contributed by atoms with Gasteiger partial charge in [0, 0.05) is 6.61 Å². The van der Waals surface area contributed by atoms with Gasteiger partial charge in [-0.25, -0.2) is 0 Å². The van der Waals surface area contributed by atoms with Crippen molar-refractivity contribution >= 4 is 21.7 Å². The highest BCUT2D eigenvalue weighted by atomic mass is 32.2. The molecule has 0 radical (unpaired) electrons. The number of unbranched alkanes of at least 4 members (excludes halogenated alkanes) is 2. The lowest BCUT2D eigenvalue weighted by molar-refractivity contribution is 0.266. The average Bonchev–Trinajstić information content (AvgIpc) is 2.36. The van der Waals surface area contributed by atoms with Crippen LogP contribution in [0.25, 0.3) is 0 Å². The van der Waals surface area contributed by atoms with E-state index in [4.69, 9.17) is 15.6 Å². The molecule has 0 saturated heterocycles. The number of nitrogens with zero attached hydrogens (tertiary/aromatic N) is 1. The van der Waals surface area contributed by atoms with Crippen molar-refractivity contribution in [3.8, 4) is 5.75 Å². The molecule has 8 heteroatoms. The molecule has 7 nitrogen and oxygen atoms in total. The van der Waals surface area contributed by atoms with E-state index in [-0.39, 0.29) is 12.4 Å². The number of nitrogens with one attached hydrogen (secondary N) is 1. The van der Waals surface area contributed by atoms with Crippen LogP contribution in [0.1, 0.15) is 24.8 Å². The summed E-state index contributed by atoms with van der Waals surface area (Å²) in [6.07, 6.45) is 2.40. The zero-order valence-electron chi connectivity index (χ0n) is 10.9. The summed E-state index contributed by atoms with van der Waals surface area (Å²) in [4.78, 5) is 0. The van der Waals surface area contributed by atoms with Crippen LogP contribution >= 0.6 is 0 Å². The van der Waals surface area contributed by atoms with Crippen molar-refractivity contribution < 1.29 is 18.3 Å². The van der Waals surface area contributed by atoms with Crippen molar-refractivity contribution in [1.82, 2.24) is 0 Å². The molecule has 0 fully saturated rings. The molecule has 2 rings (SSSR count). The second kappa shape index (κ2) is 6.10. The van der Waals surface area contributed by atoms with Gasteiger partial charge in [-0.05, 0) is 31.4 Å². The van der Waals surface area contributed by atoms with E-state index in [0.29, 0.717) is 23.6 Å². The van der Waals surface area contributed by atoms with Gasteiger partial charge in [-0.15, -0.1) is 4.40 Å². The summed E-state index contributed by atoms with van der Waals surface area (Å²) in [6, 6.07) is 5.00. The van der Waals surface area contributed by atoms with E-state index < -0.39 is 10.2 Å². The van der Waals surface area contributed by atoms with E-state index in [1.165, 1.54) is 0 Å². The first-order valence-electron chi connectivity index (χ1n) is 6.29. The number of nitrogens with two attached hydrogens (primary N) is 1. The van der Waals surface area contributed by atoms with Crippen molar-refractivity contribution in [3.05, 3.63) is 23.8 Å². The number of ether oxygens (including phenoxy) is 1. The first kappa shape index (κ1) is 14.6. The quantitative estimate of drug-likeness (QED) is 0.666. The summed E-state index contributed by atoms with van der Waals surface area (Å²) in [5.74, 6) is 0.417. The van der Waals surface area contributed by atoms with Gasteiger partial charge in [-0.1, -0.05) is 6.07 Å².